The number of thiophene rings is 1. The maximum atomic E-state index is 13.3. The van der Waals surface area contributed by atoms with Crippen molar-refractivity contribution in [1.29, 1.82) is 0 Å². The topological polar surface area (TPSA) is 26.0 Å². The average molecular weight is 293 g/mol. The molecule has 1 nitrogen and oxygen atoms in total. The van der Waals surface area contributed by atoms with Crippen molar-refractivity contribution in [2.45, 2.75) is 38.1 Å². The van der Waals surface area contributed by atoms with Gasteiger partial charge in [0.15, 0.2) is 0 Å². The SMILES string of the molecule is NC(c1cc(F)cc(F)c1)c1cc2c(s1)CCCCC2. The Bertz CT molecular complexity index is 577. The normalized spacial score (nSPS) is 16.6. The third kappa shape index (κ3) is 2.76. The molecular weight excluding hydrogens is 276 g/mol. The van der Waals surface area contributed by atoms with Crippen LogP contribution in [0.15, 0.2) is 24.3 Å². The summed E-state index contributed by atoms with van der Waals surface area (Å²) in [5.41, 5.74) is 8.05. The minimum atomic E-state index is -0.575. The van der Waals surface area contributed by atoms with Crippen LogP contribution in [0.4, 0.5) is 8.78 Å². The summed E-state index contributed by atoms with van der Waals surface area (Å²) in [5.74, 6) is -1.15. The van der Waals surface area contributed by atoms with Gasteiger partial charge in [-0.2, -0.15) is 0 Å². The molecule has 20 heavy (non-hydrogen) atoms. The van der Waals surface area contributed by atoms with Gasteiger partial charge in [-0.05, 0) is 55.0 Å². The minimum Gasteiger partial charge on any atom is -0.320 e. The van der Waals surface area contributed by atoms with E-state index in [4.69, 9.17) is 5.73 Å². The van der Waals surface area contributed by atoms with E-state index < -0.39 is 17.7 Å². The lowest BCUT2D eigenvalue weighted by molar-refractivity contribution is 0.577. The molecule has 0 saturated carbocycles. The molecule has 0 aliphatic heterocycles. The molecule has 0 fully saturated rings. The third-order valence-electron chi connectivity index (χ3n) is 3.82. The molecule has 2 N–H and O–H groups in total. The smallest absolute Gasteiger partial charge is 0.126 e. The average Bonchev–Trinajstić information content (AvgIpc) is 2.68. The lowest BCUT2D eigenvalue weighted by Crippen LogP contribution is -2.11. The van der Waals surface area contributed by atoms with E-state index in [2.05, 4.69) is 6.07 Å². The maximum absolute atomic E-state index is 13.3. The summed E-state index contributed by atoms with van der Waals surface area (Å²) < 4.78 is 26.6. The van der Waals surface area contributed by atoms with Crippen LogP contribution < -0.4 is 5.73 Å². The fraction of sp³-hybridized carbons (Fsp3) is 0.375. The predicted molar refractivity (Wildman–Crippen MR) is 78.0 cm³/mol. The first-order valence-corrected chi connectivity index (χ1v) is 7.78. The summed E-state index contributed by atoms with van der Waals surface area (Å²) in [6.07, 6.45) is 5.90. The van der Waals surface area contributed by atoms with Gasteiger partial charge in [0.1, 0.15) is 11.6 Å². The fourth-order valence-corrected chi connectivity index (χ4v) is 4.05. The van der Waals surface area contributed by atoms with E-state index >= 15 is 0 Å². The predicted octanol–water partition coefficient (Wildman–Crippen LogP) is 4.34. The first kappa shape index (κ1) is 13.7. The summed E-state index contributed by atoms with van der Waals surface area (Å²) >= 11 is 1.69. The number of fused-ring (bicyclic) bond motifs is 1. The van der Waals surface area contributed by atoms with Crippen LogP contribution in [-0.2, 0) is 12.8 Å². The molecule has 1 aromatic carbocycles. The van der Waals surface area contributed by atoms with E-state index in [1.54, 1.807) is 11.3 Å². The first-order chi connectivity index (χ1) is 9.63. The summed E-state index contributed by atoms with van der Waals surface area (Å²) in [4.78, 5) is 2.40. The highest BCUT2D eigenvalue weighted by Gasteiger charge is 2.18. The van der Waals surface area contributed by atoms with E-state index in [0.29, 0.717) is 5.56 Å². The van der Waals surface area contributed by atoms with Crippen molar-refractivity contribution < 1.29 is 8.78 Å². The van der Waals surface area contributed by atoms with Crippen LogP contribution in [0.5, 0.6) is 0 Å². The molecule has 0 saturated heterocycles. The molecule has 1 aliphatic rings. The number of hydrogen-bond acceptors (Lipinski definition) is 2. The number of aryl methyl sites for hydroxylation is 2. The molecule has 1 atom stereocenters. The van der Waals surface area contributed by atoms with Crippen LogP contribution in [0, 0.1) is 11.6 Å². The molecule has 1 aromatic heterocycles. The zero-order valence-electron chi connectivity index (χ0n) is 11.2. The Kier molecular flexibility index (Phi) is 3.85. The number of nitrogens with two attached hydrogens (primary N) is 1. The summed E-state index contributed by atoms with van der Waals surface area (Å²) in [5, 5.41) is 0. The van der Waals surface area contributed by atoms with Gasteiger partial charge in [0.2, 0.25) is 0 Å². The Morgan fingerprint density at radius 2 is 1.65 bits per heavy atom. The van der Waals surface area contributed by atoms with E-state index in [0.717, 1.165) is 23.8 Å². The van der Waals surface area contributed by atoms with Gasteiger partial charge in [-0.1, -0.05) is 6.42 Å². The Morgan fingerprint density at radius 1 is 0.950 bits per heavy atom. The molecule has 1 heterocycles. The lowest BCUT2D eigenvalue weighted by Gasteiger charge is -2.10. The molecule has 1 aliphatic carbocycles. The van der Waals surface area contributed by atoms with Crippen molar-refractivity contribution in [3.8, 4) is 0 Å². The Hall–Kier alpha value is -1.26. The second kappa shape index (κ2) is 5.62. The Balaban J connectivity index is 1.92. The standard InChI is InChI=1S/C16H17F2NS/c17-12-6-11(7-13(18)9-12)16(19)15-8-10-4-2-1-3-5-14(10)20-15/h6-9,16H,1-5,19H2. The monoisotopic (exact) mass is 293 g/mol. The highest BCUT2D eigenvalue weighted by atomic mass is 32.1. The van der Waals surface area contributed by atoms with Crippen LogP contribution >= 0.6 is 11.3 Å². The van der Waals surface area contributed by atoms with E-state index in [-0.39, 0.29) is 0 Å². The molecule has 0 spiro atoms. The van der Waals surface area contributed by atoms with Crippen LogP contribution in [0.3, 0.4) is 0 Å². The lowest BCUT2D eigenvalue weighted by atomic mass is 10.0. The number of halogens is 2. The van der Waals surface area contributed by atoms with Crippen LogP contribution in [-0.4, -0.2) is 0 Å². The van der Waals surface area contributed by atoms with Gasteiger partial charge < -0.3 is 5.73 Å². The van der Waals surface area contributed by atoms with Crippen LogP contribution in [0.2, 0.25) is 0 Å². The zero-order valence-corrected chi connectivity index (χ0v) is 12.0. The van der Waals surface area contributed by atoms with Crippen molar-refractivity contribution in [2.24, 2.45) is 5.73 Å². The van der Waals surface area contributed by atoms with Crippen molar-refractivity contribution in [3.63, 3.8) is 0 Å². The maximum Gasteiger partial charge on any atom is 0.126 e. The van der Waals surface area contributed by atoms with Crippen molar-refractivity contribution in [1.82, 2.24) is 0 Å². The van der Waals surface area contributed by atoms with Gasteiger partial charge in [0.05, 0.1) is 6.04 Å². The number of rotatable bonds is 2. The van der Waals surface area contributed by atoms with E-state index in [9.17, 15) is 8.78 Å². The van der Waals surface area contributed by atoms with Crippen LogP contribution in [0.25, 0.3) is 0 Å². The first-order valence-electron chi connectivity index (χ1n) is 6.96. The van der Waals surface area contributed by atoms with Crippen LogP contribution in [0.1, 0.15) is 46.2 Å². The van der Waals surface area contributed by atoms with Gasteiger partial charge >= 0.3 is 0 Å². The molecule has 4 heteroatoms. The molecule has 2 aromatic rings. The van der Waals surface area contributed by atoms with Crippen molar-refractivity contribution >= 4 is 11.3 Å². The molecule has 0 amide bonds. The zero-order chi connectivity index (χ0) is 14.1. The third-order valence-corrected chi connectivity index (χ3v) is 5.14. The quantitative estimate of drug-likeness (QED) is 0.819. The summed E-state index contributed by atoms with van der Waals surface area (Å²) in [6, 6.07) is 5.19. The molecule has 0 radical (unpaired) electrons. The number of benzene rings is 1. The summed E-state index contributed by atoms with van der Waals surface area (Å²) in [7, 11) is 0. The Labute approximate surface area is 121 Å². The van der Waals surface area contributed by atoms with Crippen molar-refractivity contribution in [2.75, 3.05) is 0 Å². The second-order valence-electron chi connectivity index (χ2n) is 5.34. The molecule has 1 unspecified atom stereocenters. The fourth-order valence-electron chi connectivity index (χ4n) is 2.76. The van der Waals surface area contributed by atoms with Gasteiger partial charge in [0.25, 0.3) is 0 Å². The number of hydrogen-bond donors (Lipinski definition) is 1. The second-order valence-corrected chi connectivity index (χ2v) is 6.51. The molecule has 3 rings (SSSR count). The largest absolute Gasteiger partial charge is 0.320 e. The van der Waals surface area contributed by atoms with Crippen molar-refractivity contribution in [3.05, 3.63) is 56.8 Å². The highest BCUT2D eigenvalue weighted by Crippen LogP contribution is 2.34. The van der Waals surface area contributed by atoms with Gasteiger partial charge in [0, 0.05) is 15.8 Å². The summed E-state index contributed by atoms with van der Waals surface area (Å²) in [6.45, 7) is 0. The molecular formula is C16H17F2NS. The van der Waals surface area contributed by atoms with Gasteiger partial charge in [-0.3, -0.25) is 0 Å². The van der Waals surface area contributed by atoms with E-state index in [1.165, 1.54) is 41.8 Å². The molecule has 106 valence electrons. The van der Waals surface area contributed by atoms with E-state index in [1.807, 2.05) is 0 Å². The highest BCUT2D eigenvalue weighted by molar-refractivity contribution is 7.12. The molecule has 0 bridgehead atoms. The Morgan fingerprint density at radius 3 is 2.40 bits per heavy atom. The van der Waals surface area contributed by atoms with Gasteiger partial charge in [-0.25, -0.2) is 8.78 Å². The van der Waals surface area contributed by atoms with Gasteiger partial charge in [-0.15, -0.1) is 11.3 Å². The minimum absolute atomic E-state index is 0.447.